The van der Waals surface area contributed by atoms with Gasteiger partial charge in [0.2, 0.25) is 0 Å². The van der Waals surface area contributed by atoms with Gasteiger partial charge in [0, 0.05) is 26.7 Å². The zero-order chi connectivity index (χ0) is 10.3. The molecule has 0 bridgehead atoms. The van der Waals surface area contributed by atoms with E-state index in [0.717, 1.165) is 6.92 Å². The van der Waals surface area contributed by atoms with Crippen molar-refractivity contribution in [1.82, 2.24) is 0 Å². The van der Waals surface area contributed by atoms with Gasteiger partial charge >= 0.3 is 0 Å². The lowest BCUT2D eigenvalue weighted by molar-refractivity contribution is -0.134. The molecule has 1 aromatic carbocycles. The van der Waals surface area contributed by atoms with Crippen molar-refractivity contribution < 1.29 is 9.90 Å². The third-order valence-corrected chi connectivity index (χ3v) is 1.27. The summed E-state index contributed by atoms with van der Waals surface area (Å²) in [6.45, 7) is 1.08. The first-order valence-electron chi connectivity index (χ1n) is 3.96. The largest absolute Gasteiger partial charge is 0.481 e. The molecule has 0 saturated carbocycles. The molecule has 0 aliphatic rings. The molecule has 13 heavy (non-hydrogen) atoms. The molecule has 72 valence electrons. The number of hydrogen-bond acceptors (Lipinski definition) is 2. The molecule has 1 rings (SSSR count). The standard InChI is InChI=1S/C8H11N.C2H4O2/c1-9(2)8-6-4-3-5-7-8;1-2(3)4/h3-7H,1-2H3;1H3,(H,3,4). The predicted octanol–water partition coefficient (Wildman–Crippen LogP) is 1.84. The second kappa shape index (κ2) is 6.06. The molecule has 0 fully saturated rings. The summed E-state index contributed by atoms with van der Waals surface area (Å²) in [6, 6.07) is 10.3. The van der Waals surface area contributed by atoms with Crippen LogP contribution in [-0.4, -0.2) is 25.2 Å². The summed E-state index contributed by atoms with van der Waals surface area (Å²) in [5, 5.41) is 7.42. The average Bonchev–Trinajstić information content (AvgIpc) is 2.05. The summed E-state index contributed by atoms with van der Waals surface area (Å²) in [7, 11) is 4.07. The number of rotatable bonds is 1. The van der Waals surface area contributed by atoms with Gasteiger partial charge in [-0.3, -0.25) is 4.79 Å². The summed E-state index contributed by atoms with van der Waals surface area (Å²) in [5.41, 5.74) is 1.25. The SMILES string of the molecule is CC(=O)O.CN(C)c1ccccc1. The van der Waals surface area contributed by atoms with Crippen molar-refractivity contribution >= 4 is 11.7 Å². The van der Waals surface area contributed by atoms with Gasteiger partial charge in [0.05, 0.1) is 0 Å². The van der Waals surface area contributed by atoms with Gasteiger partial charge < -0.3 is 10.0 Å². The summed E-state index contributed by atoms with van der Waals surface area (Å²) in [4.78, 5) is 11.1. The molecule has 1 aromatic rings. The Balaban J connectivity index is 0.000000310. The molecule has 0 spiro atoms. The quantitative estimate of drug-likeness (QED) is 0.718. The summed E-state index contributed by atoms with van der Waals surface area (Å²) < 4.78 is 0. The highest BCUT2D eigenvalue weighted by molar-refractivity contribution is 5.62. The number of carboxylic acid groups (broad SMARTS) is 1. The fraction of sp³-hybridized carbons (Fsp3) is 0.300. The van der Waals surface area contributed by atoms with Crippen molar-refractivity contribution in [2.24, 2.45) is 0 Å². The Bertz CT molecular complexity index is 240. The van der Waals surface area contributed by atoms with Crippen LogP contribution in [0.1, 0.15) is 6.92 Å². The van der Waals surface area contributed by atoms with Gasteiger partial charge in [0.15, 0.2) is 0 Å². The number of anilines is 1. The van der Waals surface area contributed by atoms with E-state index < -0.39 is 5.97 Å². The second-order valence-corrected chi connectivity index (χ2v) is 2.75. The molecule has 0 atom stereocenters. The van der Waals surface area contributed by atoms with Crippen LogP contribution < -0.4 is 4.90 Å². The lowest BCUT2D eigenvalue weighted by Gasteiger charge is -2.10. The molecule has 0 saturated heterocycles. The van der Waals surface area contributed by atoms with Crippen molar-refractivity contribution in [2.45, 2.75) is 6.92 Å². The first-order chi connectivity index (χ1) is 6.04. The first-order valence-corrected chi connectivity index (χ1v) is 3.96. The van der Waals surface area contributed by atoms with Gasteiger partial charge in [-0.1, -0.05) is 18.2 Å². The fourth-order valence-corrected chi connectivity index (χ4v) is 0.726. The molecule has 0 aromatic heterocycles. The topological polar surface area (TPSA) is 40.5 Å². The zero-order valence-electron chi connectivity index (χ0n) is 8.19. The molecule has 3 nitrogen and oxygen atoms in total. The van der Waals surface area contributed by atoms with Crippen LogP contribution in [0.5, 0.6) is 0 Å². The Morgan fingerprint density at radius 1 is 1.23 bits per heavy atom. The minimum atomic E-state index is -0.833. The third kappa shape index (κ3) is 6.87. The highest BCUT2D eigenvalue weighted by Crippen LogP contribution is 2.07. The lowest BCUT2D eigenvalue weighted by Crippen LogP contribution is -2.07. The number of nitrogens with zero attached hydrogens (tertiary/aromatic N) is 1. The first kappa shape index (κ1) is 11.5. The Hall–Kier alpha value is -1.51. The number of aliphatic carboxylic acids is 1. The Morgan fingerprint density at radius 2 is 1.62 bits per heavy atom. The second-order valence-electron chi connectivity index (χ2n) is 2.75. The van der Waals surface area contributed by atoms with E-state index in [1.807, 2.05) is 32.3 Å². The lowest BCUT2D eigenvalue weighted by atomic mass is 10.3. The van der Waals surface area contributed by atoms with E-state index in [1.165, 1.54) is 5.69 Å². The monoisotopic (exact) mass is 181 g/mol. The highest BCUT2D eigenvalue weighted by Gasteiger charge is 1.87. The summed E-state index contributed by atoms with van der Waals surface area (Å²) in [5.74, 6) is -0.833. The molecule has 0 heterocycles. The Kier molecular flexibility index (Phi) is 5.35. The summed E-state index contributed by atoms with van der Waals surface area (Å²) >= 11 is 0. The molecule has 0 unspecified atom stereocenters. The predicted molar refractivity (Wildman–Crippen MR) is 54.1 cm³/mol. The van der Waals surface area contributed by atoms with E-state index in [2.05, 4.69) is 17.0 Å². The van der Waals surface area contributed by atoms with Gasteiger partial charge in [-0.15, -0.1) is 0 Å². The van der Waals surface area contributed by atoms with Gasteiger partial charge in [0.1, 0.15) is 0 Å². The Morgan fingerprint density at radius 3 is 1.85 bits per heavy atom. The van der Waals surface area contributed by atoms with E-state index in [4.69, 9.17) is 9.90 Å². The van der Waals surface area contributed by atoms with Crippen LogP contribution in [0.2, 0.25) is 0 Å². The number of benzene rings is 1. The molecule has 1 N–H and O–H groups in total. The maximum Gasteiger partial charge on any atom is 0.300 e. The van der Waals surface area contributed by atoms with E-state index in [-0.39, 0.29) is 0 Å². The number of carboxylic acids is 1. The number of hydrogen-bond donors (Lipinski definition) is 1. The maximum atomic E-state index is 9.00. The maximum absolute atomic E-state index is 9.00. The molecular formula is C10H15NO2. The minimum absolute atomic E-state index is 0.833. The zero-order valence-corrected chi connectivity index (χ0v) is 8.19. The molecular weight excluding hydrogens is 166 g/mol. The molecule has 0 aliphatic carbocycles. The molecule has 0 radical (unpaired) electrons. The van der Waals surface area contributed by atoms with Crippen molar-refractivity contribution in [3.05, 3.63) is 30.3 Å². The summed E-state index contributed by atoms with van der Waals surface area (Å²) in [6.07, 6.45) is 0. The van der Waals surface area contributed by atoms with Crippen LogP contribution in [0.3, 0.4) is 0 Å². The van der Waals surface area contributed by atoms with Crippen LogP contribution in [0.4, 0.5) is 5.69 Å². The minimum Gasteiger partial charge on any atom is -0.481 e. The van der Waals surface area contributed by atoms with Crippen LogP contribution in [-0.2, 0) is 4.79 Å². The van der Waals surface area contributed by atoms with E-state index in [9.17, 15) is 0 Å². The fourth-order valence-electron chi connectivity index (χ4n) is 0.726. The highest BCUT2D eigenvalue weighted by atomic mass is 16.4. The van der Waals surface area contributed by atoms with E-state index in [0.29, 0.717) is 0 Å². The van der Waals surface area contributed by atoms with E-state index >= 15 is 0 Å². The van der Waals surface area contributed by atoms with Crippen LogP contribution in [0, 0.1) is 0 Å². The van der Waals surface area contributed by atoms with Crippen LogP contribution in [0.15, 0.2) is 30.3 Å². The molecule has 0 amide bonds. The van der Waals surface area contributed by atoms with Gasteiger partial charge in [-0.25, -0.2) is 0 Å². The van der Waals surface area contributed by atoms with Gasteiger partial charge in [0.25, 0.3) is 5.97 Å². The molecule has 3 heteroatoms. The van der Waals surface area contributed by atoms with Gasteiger partial charge in [-0.05, 0) is 12.1 Å². The van der Waals surface area contributed by atoms with Crippen molar-refractivity contribution in [3.63, 3.8) is 0 Å². The number of carbonyl (C=O) groups is 1. The Labute approximate surface area is 78.6 Å². The van der Waals surface area contributed by atoms with E-state index in [1.54, 1.807) is 0 Å². The molecule has 0 aliphatic heterocycles. The van der Waals surface area contributed by atoms with Crippen molar-refractivity contribution in [1.29, 1.82) is 0 Å². The average molecular weight is 181 g/mol. The third-order valence-electron chi connectivity index (χ3n) is 1.27. The van der Waals surface area contributed by atoms with Crippen molar-refractivity contribution in [3.8, 4) is 0 Å². The van der Waals surface area contributed by atoms with Gasteiger partial charge in [-0.2, -0.15) is 0 Å². The van der Waals surface area contributed by atoms with Crippen LogP contribution >= 0.6 is 0 Å². The van der Waals surface area contributed by atoms with Crippen molar-refractivity contribution in [2.75, 3.05) is 19.0 Å². The normalized spacial score (nSPS) is 8.23. The number of para-hydroxylation sites is 1. The smallest absolute Gasteiger partial charge is 0.300 e. The van der Waals surface area contributed by atoms with Crippen LogP contribution in [0.25, 0.3) is 0 Å².